The van der Waals surface area contributed by atoms with E-state index >= 15 is 0 Å². The van der Waals surface area contributed by atoms with Crippen LogP contribution in [0.2, 0.25) is 0 Å². The van der Waals surface area contributed by atoms with Gasteiger partial charge in [-0.25, -0.2) is 4.79 Å². The summed E-state index contributed by atoms with van der Waals surface area (Å²) >= 11 is 0. The smallest absolute Gasteiger partial charge is 0.343 e. The third kappa shape index (κ3) is 3.08. The van der Waals surface area contributed by atoms with E-state index in [1.165, 1.54) is 7.11 Å². The number of amides is 1. The first kappa shape index (κ1) is 14.8. The number of nitrogens with one attached hydrogen (secondary N) is 1. The van der Waals surface area contributed by atoms with Gasteiger partial charge in [0.15, 0.2) is 6.61 Å². The van der Waals surface area contributed by atoms with Crippen LogP contribution in [-0.2, 0) is 14.3 Å². The molecule has 0 atom stereocenters. The van der Waals surface area contributed by atoms with Crippen molar-refractivity contribution in [1.29, 1.82) is 0 Å². The Labute approximate surface area is 133 Å². The van der Waals surface area contributed by atoms with Crippen LogP contribution < -0.4 is 10.1 Å². The number of benzene rings is 2. The number of esters is 1. The number of carbonyl (C=O) groups is 2. The van der Waals surface area contributed by atoms with Crippen molar-refractivity contribution < 1.29 is 19.1 Å². The fourth-order valence-electron chi connectivity index (χ4n) is 2.36. The van der Waals surface area contributed by atoms with E-state index in [9.17, 15) is 9.59 Å². The van der Waals surface area contributed by atoms with Crippen LogP contribution in [0.3, 0.4) is 0 Å². The summed E-state index contributed by atoms with van der Waals surface area (Å²) in [5.41, 5.74) is 2.92. The summed E-state index contributed by atoms with van der Waals surface area (Å²) in [6, 6.07) is 14.7. The molecule has 0 unspecified atom stereocenters. The second-order valence-electron chi connectivity index (χ2n) is 4.96. The maximum absolute atomic E-state index is 12.2. The summed E-state index contributed by atoms with van der Waals surface area (Å²) in [4.78, 5) is 23.4. The normalized spacial score (nSPS) is 14.3. The summed E-state index contributed by atoms with van der Waals surface area (Å²) < 4.78 is 10.0. The van der Waals surface area contributed by atoms with E-state index < -0.39 is 5.97 Å². The molecule has 0 saturated carbocycles. The van der Waals surface area contributed by atoms with Crippen molar-refractivity contribution in [3.63, 3.8) is 0 Å². The highest BCUT2D eigenvalue weighted by atomic mass is 16.6. The van der Waals surface area contributed by atoms with Crippen LogP contribution in [-0.4, -0.2) is 25.6 Å². The Morgan fingerprint density at radius 2 is 1.87 bits per heavy atom. The van der Waals surface area contributed by atoms with Crippen molar-refractivity contribution in [2.24, 2.45) is 0 Å². The number of ether oxygens (including phenoxy) is 2. The molecule has 0 fully saturated rings. The molecular formula is C18H15NO4. The maximum atomic E-state index is 12.2. The number of hydrogen-bond donors (Lipinski definition) is 1. The molecule has 1 N–H and O–H groups in total. The van der Waals surface area contributed by atoms with Crippen LogP contribution in [0, 0.1) is 0 Å². The Morgan fingerprint density at radius 3 is 2.70 bits per heavy atom. The minimum Gasteiger partial charge on any atom is -0.481 e. The Morgan fingerprint density at radius 1 is 1.13 bits per heavy atom. The minimum atomic E-state index is -0.462. The average Bonchev–Trinajstić information content (AvgIpc) is 2.89. The Bertz CT molecular complexity index is 795. The molecule has 0 spiro atoms. The quantitative estimate of drug-likeness (QED) is 0.696. The second-order valence-corrected chi connectivity index (χ2v) is 4.96. The molecule has 0 aromatic heterocycles. The molecule has 5 nitrogen and oxygen atoms in total. The van der Waals surface area contributed by atoms with Crippen LogP contribution in [0.5, 0.6) is 5.75 Å². The molecule has 0 radical (unpaired) electrons. The molecule has 3 rings (SSSR count). The SMILES string of the molecule is COC(=O)COc1ccccc1/C=C1\C(=O)Nc2ccccc21. The predicted octanol–water partition coefficient (Wildman–Crippen LogP) is 2.73. The monoisotopic (exact) mass is 309 g/mol. The highest BCUT2D eigenvalue weighted by Crippen LogP contribution is 2.34. The van der Waals surface area contributed by atoms with Crippen LogP contribution >= 0.6 is 0 Å². The fraction of sp³-hybridized carbons (Fsp3) is 0.111. The second kappa shape index (κ2) is 6.36. The van der Waals surface area contributed by atoms with Gasteiger partial charge in [0.05, 0.1) is 7.11 Å². The van der Waals surface area contributed by atoms with Crippen molar-refractivity contribution in [3.05, 3.63) is 59.7 Å². The molecule has 1 heterocycles. The van der Waals surface area contributed by atoms with E-state index in [1.807, 2.05) is 36.4 Å². The number of anilines is 1. The lowest BCUT2D eigenvalue weighted by Crippen LogP contribution is -2.13. The lowest BCUT2D eigenvalue weighted by molar-refractivity contribution is -0.142. The zero-order valence-corrected chi connectivity index (χ0v) is 12.5. The van der Waals surface area contributed by atoms with E-state index in [-0.39, 0.29) is 12.5 Å². The van der Waals surface area contributed by atoms with Gasteiger partial charge in [-0.3, -0.25) is 4.79 Å². The molecule has 2 aromatic carbocycles. The largest absolute Gasteiger partial charge is 0.481 e. The number of hydrogen-bond acceptors (Lipinski definition) is 4. The fourth-order valence-corrected chi connectivity index (χ4v) is 2.36. The van der Waals surface area contributed by atoms with Gasteiger partial charge in [0, 0.05) is 22.4 Å². The van der Waals surface area contributed by atoms with Gasteiger partial charge in [-0.05, 0) is 18.2 Å². The topological polar surface area (TPSA) is 64.6 Å². The van der Waals surface area contributed by atoms with Gasteiger partial charge in [0.2, 0.25) is 0 Å². The molecule has 116 valence electrons. The van der Waals surface area contributed by atoms with Crippen molar-refractivity contribution in [3.8, 4) is 5.75 Å². The average molecular weight is 309 g/mol. The van der Waals surface area contributed by atoms with Crippen LogP contribution in [0.4, 0.5) is 5.69 Å². The number of rotatable bonds is 4. The third-order valence-electron chi connectivity index (χ3n) is 3.50. The highest BCUT2D eigenvalue weighted by Gasteiger charge is 2.23. The Kier molecular flexibility index (Phi) is 4.10. The van der Waals surface area contributed by atoms with Gasteiger partial charge in [0.25, 0.3) is 5.91 Å². The highest BCUT2D eigenvalue weighted by molar-refractivity contribution is 6.35. The van der Waals surface area contributed by atoms with Gasteiger partial charge < -0.3 is 14.8 Å². The van der Waals surface area contributed by atoms with Crippen LogP contribution in [0.25, 0.3) is 11.6 Å². The van der Waals surface area contributed by atoms with Crippen LogP contribution in [0.1, 0.15) is 11.1 Å². The molecule has 1 aliphatic rings. The third-order valence-corrected chi connectivity index (χ3v) is 3.50. The summed E-state index contributed by atoms with van der Waals surface area (Å²) in [5, 5.41) is 2.82. The van der Waals surface area contributed by atoms with Gasteiger partial charge in [-0.2, -0.15) is 0 Å². The minimum absolute atomic E-state index is 0.158. The van der Waals surface area contributed by atoms with Gasteiger partial charge in [-0.1, -0.05) is 36.4 Å². The van der Waals surface area contributed by atoms with Crippen molar-refractivity contribution in [1.82, 2.24) is 0 Å². The predicted molar refractivity (Wildman–Crippen MR) is 86.9 cm³/mol. The van der Waals surface area contributed by atoms with Crippen LogP contribution in [0.15, 0.2) is 48.5 Å². The molecule has 5 heteroatoms. The first-order valence-corrected chi connectivity index (χ1v) is 7.10. The van der Waals surface area contributed by atoms with Gasteiger partial charge in [0.1, 0.15) is 5.75 Å². The van der Waals surface area contributed by atoms with Crippen molar-refractivity contribution in [2.45, 2.75) is 0 Å². The molecule has 0 bridgehead atoms. The molecule has 2 aromatic rings. The van der Waals surface area contributed by atoms with E-state index in [4.69, 9.17) is 4.74 Å². The lowest BCUT2D eigenvalue weighted by atomic mass is 10.0. The molecular weight excluding hydrogens is 294 g/mol. The molecule has 0 aliphatic carbocycles. The Balaban J connectivity index is 1.94. The first-order chi connectivity index (χ1) is 11.2. The summed E-state index contributed by atoms with van der Waals surface area (Å²) in [7, 11) is 1.30. The van der Waals surface area contributed by atoms with Crippen molar-refractivity contribution >= 4 is 29.2 Å². The van der Waals surface area contributed by atoms with Crippen molar-refractivity contribution in [2.75, 3.05) is 19.0 Å². The van der Waals surface area contributed by atoms with E-state index in [0.717, 1.165) is 16.8 Å². The zero-order valence-electron chi connectivity index (χ0n) is 12.5. The molecule has 0 saturated heterocycles. The summed E-state index contributed by atoms with van der Waals surface area (Å²) in [6.07, 6.45) is 1.76. The number of methoxy groups -OCH3 is 1. The summed E-state index contributed by atoms with van der Waals surface area (Å²) in [6.45, 7) is -0.181. The first-order valence-electron chi connectivity index (χ1n) is 7.10. The number of fused-ring (bicyclic) bond motifs is 1. The van der Waals surface area contributed by atoms with Gasteiger partial charge in [-0.15, -0.1) is 0 Å². The maximum Gasteiger partial charge on any atom is 0.343 e. The molecule has 23 heavy (non-hydrogen) atoms. The van der Waals surface area contributed by atoms with E-state index in [1.54, 1.807) is 18.2 Å². The lowest BCUT2D eigenvalue weighted by Gasteiger charge is -2.08. The van der Waals surface area contributed by atoms with Gasteiger partial charge >= 0.3 is 5.97 Å². The summed E-state index contributed by atoms with van der Waals surface area (Å²) in [5.74, 6) is -0.104. The zero-order chi connectivity index (χ0) is 16.2. The standard InChI is InChI=1S/C18H15NO4/c1-22-17(20)11-23-16-9-5-2-6-12(16)10-14-13-7-3-4-8-15(13)19-18(14)21/h2-10H,11H2,1H3,(H,19,21)/b14-10-. The number of carbonyl (C=O) groups excluding carboxylic acids is 2. The number of para-hydroxylation sites is 2. The van der Waals surface area contributed by atoms with E-state index in [2.05, 4.69) is 10.1 Å². The Hall–Kier alpha value is -3.08. The molecule has 1 aliphatic heterocycles. The molecule has 1 amide bonds. The van der Waals surface area contributed by atoms with E-state index in [0.29, 0.717) is 11.3 Å².